The van der Waals surface area contributed by atoms with Crippen molar-refractivity contribution in [2.24, 2.45) is 0 Å². The fourth-order valence-electron chi connectivity index (χ4n) is 1.75. The molecule has 0 atom stereocenters. The van der Waals surface area contributed by atoms with Gasteiger partial charge in [-0.05, 0) is 32.9 Å². The number of carboxylic acids is 1. The van der Waals surface area contributed by atoms with Crippen LogP contribution in [0.2, 0.25) is 0 Å². The summed E-state index contributed by atoms with van der Waals surface area (Å²) in [6.45, 7) is 5.20. The number of rotatable bonds is 3. The molecule has 2 aromatic rings. The maximum atomic E-state index is 11.7. The van der Waals surface area contributed by atoms with Crippen LogP contribution in [0.25, 0.3) is 11.3 Å². The predicted molar refractivity (Wildman–Crippen MR) is 80.4 cm³/mol. The van der Waals surface area contributed by atoms with Crippen molar-refractivity contribution in [1.29, 1.82) is 0 Å². The van der Waals surface area contributed by atoms with Gasteiger partial charge in [0.1, 0.15) is 17.0 Å². The summed E-state index contributed by atoms with van der Waals surface area (Å²) in [5.74, 6) is -1.79. The summed E-state index contributed by atoms with van der Waals surface area (Å²) in [6.07, 6.45) is -0.653. The lowest BCUT2D eigenvalue weighted by Crippen LogP contribution is -2.27. The number of aromatic nitrogens is 1. The molecule has 0 saturated heterocycles. The Balaban J connectivity index is 2.17. The molecule has 0 saturated carbocycles. The first-order chi connectivity index (χ1) is 10.7. The lowest BCUT2D eigenvalue weighted by Gasteiger charge is -2.19. The molecule has 3 N–H and O–H groups in total. The number of nitrogens with zero attached hydrogens (tertiary/aromatic N) is 1. The second kappa shape index (κ2) is 5.99. The average molecular weight is 320 g/mol. The Kier molecular flexibility index (Phi) is 4.26. The number of ether oxygens (including phenoxy) is 1. The van der Waals surface area contributed by atoms with E-state index in [1.165, 1.54) is 24.3 Å². The number of nitrogens with one attached hydrogen (secondary N) is 1. The Labute approximate surface area is 131 Å². The van der Waals surface area contributed by atoms with Crippen molar-refractivity contribution in [2.45, 2.75) is 26.4 Å². The van der Waals surface area contributed by atoms with Gasteiger partial charge >= 0.3 is 12.1 Å². The van der Waals surface area contributed by atoms with Gasteiger partial charge in [0.25, 0.3) is 0 Å². The molecule has 1 heterocycles. The second-order valence-electron chi connectivity index (χ2n) is 5.74. The van der Waals surface area contributed by atoms with Gasteiger partial charge in [0.15, 0.2) is 0 Å². The molecule has 2 rings (SSSR count). The molecule has 122 valence electrons. The van der Waals surface area contributed by atoms with Crippen molar-refractivity contribution in [3.63, 3.8) is 0 Å². The molecule has 1 aromatic carbocycles. The number of aromatic hydroxyl groups is 1. The van der Waals surface area contributed by atoms with E-state index in [1.807, 2.05) is 0 Å². The Hall–Kier alpha value is -3.03. The summed E-state index contributed by atoms with van der Waals surface area (Å²) in [4.78, 5) is 22.4. The normalized spacial score (nSPS) is 11.1. The van der Waals surface area contributed by atoms with Gasteiger partial charge in [-0.2, -0.15) is 0 Å². The summed E-state index contributed by atoms with van der Waals surface area (Å²) in [6, 6.07) is 5.49. The highest BCUT2D eigenvalue weighted by atomic mass is 16.6. The van der Waals surface area contributed by atoms with Gasteiger partial charge in [-0.15, -0.1) is 0 Å². The van der Waals surface area contributed by atoms with E-state index in [0.717, 1.165) is 0 Å². The van der Waals surface area contributed by atoms with E-state index in [-0.39, 0.29) is 22.8 Å². The molecule has 0 aliphatic rings. The van der Waals surface area contributed by atoms with E-state index in [0.29, 0.717) is 5.69 Å². The number of carbonyl (C=O) groups is 2. The molecule has 0 radical (unpaired) electrons. The number of phenolic OH excluding ortho intramolecular Hbond substituents is 1. The van der Waals surface area contributed by atoms with Crippen LogP contribution in [-0.4, -0.2) is 33.0 Å². The Morgan fingerprint density at radius 2 is 1.96 bits per heavy atom. The number of hydrogen-bond donors (Lipinski definition) is 3. The van der Waals surface area contributed by atoms with Crippen molar-refractivity contribution in [1.82, 2.24) is 5.16 Å². The largest absolute Gasteiger partial charge is 0.507 e. The monoisotopic (exact) mass is 320 g/mol. The summed E-state index contributed by atoms with van der Waals surface area (Å²) < 4.78 is 9.74. The Morgan fingerprint density at radius 1 is 1.26 bits per heavy atom. The van der Waals surface area contributed by atoms with Crippen LogP contribution in [0.5, 0.6) is 5.75 Å². The van der Waals surface area contributed by atoms with Crippen molar-refractivity contribution in [3.05, 3.63) is 30.0 Å². The maximum absolute atomic E-state index is 11.7. The van der Waals surface area contributed by atoms with Crippen molar-refractivity contribution >= 4 is 17.7 Å². The van der Waals surface area contributed by atoms with E-state index in [2.05, 4.69) is 15.0 Å². The molecular formula is C15H16N2O6. The Morgan fingerprint density at radius 3 is 2.48 bits per heavy atom. The quantitative estimate of drug-likeness (QED) is 0.794. The molecule has 0 unspecified atom stereocenters. The number of aromatic carboxylic acids is 1. The number of phenols is 1. The topological polar surface area (TPSA) is 122 Å². The molecule has 0 aliphatic carbocycles. The van der Waals surface area contributed by atoms with Gasteiger partial charge in [0.05, 0.1) is 0 Å². The molecule has 8 heteroatoms. The van der Waals surface area contributed by atoms with Crippen LogP contribution in [0.1, 0.15) is 31.3 Å². The van der Waals surface area contributed by atoms with Gasteiger partial charge in [0.2, 0.25) is 5.76 Å². The van der Waals surface area contributed by atoms with Gasteiger partial charge in [-0.1, -0.05) is 5.16 Å². The molecule has 0 fully saturated rings. The van der Waals surface area contributed by atoms with E-state index < -0.39 is 17.7 Å². The van der Waals surface area contributed by atoms with Gasteiger partial charge < -0.3 is 19.5 Å². The van der Waals surface area contributed by atoms with Crippen LogP contribution in [0.4, 0.5) is 10.5 Å². The van der Waals surface area contributed by atoms with Crippen LogP contribution >= 0.6 is 0 Å². The smallest absolute Gasteiger partial charge is 0.412 e. The predicted octanol–water partition coefficient (Wildman–Crippen LogP) is 3.09. The first-order valence-electron chi connectivity index (χ1n) is 6.69. The molecule has 0 bridgehead atoms. The first-order valence-corrected chi connectivity index (χ1v) is 6.69. The molecule has 0 aliphatic heterocycles. The number of amides is 1. The minimum atomic E-state index is -1.26. The minimum Gasteiger partial charge on any atom is -0.507 e. The standard InChI is InChI=1S/C15H16N2O6/c1-15(2,3)22-14(21)16-8-4-5-9(11(18)6-8)10-7-12(13(19)20)23-17-10/h4-7,18H,1-3H3,(H,16,21)(H,19,20). The lowest BCUT2D eigenvalue weighted by atomic mass is 10.1. The number of hydrogen-bond acceptors (Lipinski definition) is 6. The van der Waals surface area contributed by atoms with E-state index in [4.69, 9.17) is 9.84 Å². The number of carboxylic acid groups (broad SMARTS) is 1. The molecule has 8 nitrogen and oxygen atoms in total. The van der Waals surface area contributed by atoms with Gasteiger partial charge in [-0.25, -0.2) is 9.59 Å². The number of anilines is 1. The summed E-state index contributed by atoms with van der Waals surface area (Å²) in [7, 11) is 0. The van der Waals surface area contributed by atoms with Crippen LogP contribution in [0.3, 0.4) is 0 Å². The van der Waals surface area contributed by atoms with Crippen molar-refractivity contribution in [3.8, 4) is 17.0 Å². The average Bonchev–Trinajstić information content (AvgIpc) is 2.85. The third-order valence-electron chi connectivity index (χ3n) is 2.64. The zero-order chi connectivity index (χ0) is 17.2. The minimum absolute atomic E-state index is 0.170. The third kappa shape index (κ3) is 4.22. The molecule has 23 heavy (non-hydrogen) atoms. The highest BCUT2D eigenvalue weighted by Gasteiger charge is 2.18. The maximum Gasteiger partial charge on any atom is 0.412 e. The van der Waals surface area contributed by atoms with Crippen LogP contribution < -0.4 is 5.32 Å². The number of benzene rings is 1. The number of carbonyl (C=O) groups excluding carboxylic acids is 1. The van der Waals surface area contributed by atoms with E-state index in [1.54, 1.807) is 20.8 Å². The fraction of sp³-hybridized carbons (Fsp3) is 0.267. The highest BCUT2D eigenvalue weighted by Crippen LogP contribution is 2.31. The molecular weight excluding hydrogens is 304 g/mol. The first kappa shape index (κ1) is 16.3. The van der Waals surface area contributed by atoms with E-state index >= 15 is 0 Å². The molecule has 1 amide bonds. The molecule has 1 aromatic heterocycles. The SMILES string of the molecule is CC(C)(C)OC(=O)Nc1ccc(-c2cc(C(=O)O)on2)c(O)c1. The molecule has 0 spiro atoms. The van der Waals surface area contributed by atoms with Gasteiger partial charge in [0, 0.05) is 23.4 Å². The van der Waals surface area contributed by atoms with Crippen molar-refractivity contribution in [2.75, 3.05) is 5.32 Å². The summed E-state index contributed by atoms with van der Waals surface area (Å²) >= 11 is 0. The zero-order valence-corrected chi connectivity index (χ0v) is 12.8. The van der Waals surface area contributed by atoms with E-state index in [9.17, 15) is 14.7 Å². The third-order valence-corrected chi connectivity index (χ3v) is 2.64. The zero-order valence-electron chi connectivity index (χ0n) is 12.8. The van der Waals surface area contributed by atoms with Crippen molar-refractivity contribution < 1.29 is 29.1 Å². The van der Waals surface area contributed by atoms with Crippen LogP contribution in [0.15, 0.2) is 28.8 Å². The van der Waals surface area contributed by atoms with Gasteiger partial charge in [-0.3, -0.25) is 5.32 Å². The van der Waals surface area contributed by atoms with Crippen LogP contribution in [0, 0.1) is 0 Å². The second-order valence-corrected chi connectivity index (χ2v) is 5.74. The van der Waals surface area contributed by atoms with Crippen LogP contribution in [-0.2, 0) is 4.74 Å². The fourth-order valence-corrected chi connectivity index (χ4v) is 1.75. The Bertz CT molecular complexity index is 745. The highest BCUT2D eigenvalue weighted by molar-refractivity contribution is 5.88. The lowest BCUT2D eigenvalue weighted by molar-refractivity contribution is 0.0630. The summed E-state index contributed by atoms with van der Waals surface area (Å²) in [5.41, 5.74) is 0.127. The summed E-state index contributed by atoms with van der Waals surface area (Å²) in [5, 5.41) is 24.9.